The minimum atomic E-state index is 0. The van der Waals surface area contributed by atoms with Crippen LogP contribution in [0.1, 0.15) is 17.5 Å². The quantitative estimate of drug-likeness (QED) is 0.838. The number of nitrogens with two attached hydrogens (primary N) is 1. The maximum absolute atomic E-state index is 11.3. The van der Waals surface area contributed by atoms with Crippen LogP contribution in [-0.4, -0.2) is 31.4 Å². The highest BCUT2D eigenvalue weighted by Gasteiger charge is 2.04. The van der Waals surface area contributed by atoms with Crippen LogP contribution >= 0.6 is 24.8 Å². The fraction of sp³-hybridized carbons (Fsp3) is 0.462. The molecule has 19 heavy (non-hydrogen) atoms. The molecule has 1 aromatic carbocycles. The minimum Gasteiger partial charge on any atom is -0.352 e. The predicted octanol–water partition coefficient (Wildman–Crippen LogP) is 1.56. The Kier molecular flexibility index (Phi) is 11.9. The summed E-state index contributed by atoms with van der Waals surface area (Å²) >= 11 is 0. The third-order valence-corrected chi connectivity index (χ3v) is 2.45. The molecule has 0 heterocycles. The van der Waals surface area contributed by atoms with Crippen molar-refractivity contribution in [3.8, 4) is 0 Å². The number of benzene rings is 1. The Balaban J connectivity index is 0. The Morgan fingerprint density at radius 1 is 1.21 bits per heavy atom. The van der Waals surface area contributed by atoms with E-state index in [1.807, 2.05) is 32.3 Å². The summed E-state index contributed by atoms with van der Waals surface area (Å²) in [5, 5.41) is 2.88. The molecule has 0 spiro atoms. The van der Waals surface area contributed by atoms with Crippen LogP contribution in [0.3, 0.4) is 0 Å². The second-order valence-electron chi connectivity index (χ2n) is 4.32. The van der Waals surface area contributed by atoms with Crippen LogP contribution < -0.4 is 11.1 Å². The molecule has 0 aliphatic carbocycles. The molecule has 0 atom stereocenters. The normalized spacial score (nSPS) is 9.47. The number of rotatable bonds is 6. The monoisotopic (exact) mass is 307 g/mol. The average molecular weight is 308 g/mol. The lowest BCUT2D eigenvalue weighted by molar-refractivity contribution is -0.121. The molecule has 0 bridgehead atoms. The zero-order valence-electron chi connectivity index (χ0n) is 11.4. The maximum Gasteiger partial charge on any atom is 0.221 e. The molecule has 1 rings (SSSR count). The Bertz CT molecular complexity index is 373. The number of hydrogen-bond donors (Lipinski definition) is 2. The van der Waals surface area contributed by atoms with E-state index in [9.17, 15) is 4.79 Å². The molecule has 0 aliphatic heterocycles. The minimum absolute atomic E-state index is 0. The van der Waals surface area contributed by atoms with Gasteiger partial charge in [0.05, 0.1) is 0 Å². The first kappa shape index (κ1) is 20.5. The van der Waals surface area contributed by atoms with Crippen LogP contribution in [0.4, 0.5) is 0 Å². The Morgan fingerprint density at radius 2 is 1.79 bits per heavy atom. The van der Waals surface area contributed by atoms with E-state index in [1.165, 1.54) is 5.56 Å². The summed E-state index contributed by atoms with van der Waals surface area (Å²) in [6.07, 6.45) is 0.385. The van der Waals surface area contributed by atoms with E-state index < -0.39 is 0 Å². The summed E-state index contributed by atoms with van der Waals surface area (Å²) in [7, 11) is 4.06. The number of halogens is 2. The summed E-state index contributed by atoms with van der Waals surface area (Å²) in [4.78, 5) is 13.5. The van der Waals surface area contributed by atoms with Gasteiger partial charge in [-0.1, -0.05) is 24.3 Å². The van der Waals surface area contributed by atoms with E-state index in [0.29, 0.717) is 19.5 Å². The Morgan fingerprint density at radius 3 is 2.32 bits per heavy atom. The first-order valence-electron chi connectivity index (χ1n) is 5.81. The second kappa shape index (κ2) is 11.1. The Labute approximate surface area is 127 Å². The molecule has 110 valence electrons. The van der Waals surface area contributed by atoms with Gasteiger partial charge in [0.15, 0.2) is 0 Å². The van der Waals surface area contributed by atoms with Crippen molar-refractivity contribution in [2.45, 2.75) is 19.5 Å². The Hall–Kier alpha value is -0.810. The number of amides is 1. The van der Waals surface area contributed by atoms with Gasteiger partial charge >= 0.3 is 0 Å². The third-order valence-electron chi connectivity index (χ3n) is 2.45. The van der Waals surface area contributed by atoms with Crippen LogP contribution in [-0.2, 0) is 17.9 Å². The van der Waals surface area contributed by atoms with Crippen LogP contribution in [0.25, 0.3) is 0 Å². The fourth-order valence-corrected chi connectivity index (χ4v) is 1.64. The highest BCUT2D eigenvalue weighted by molar-refractivity contribution is 5.85. The van der Waals surface area contributed by atoms with Crippen LogP contribution in [0.5, 0.6) is 0 Å². The van der Waals surface area contributed by atoms with E-state index in [4.69, 9.17) is 5.73 Å². The summed E-state index contributed by atoms with van der Waals surface area (Å²) < 4.78 is 0. The number of nitrogens with zero attached hydrogens (tertiary/aromatic N) is 1. The van der Waals surface area contributed by atoms with Crippen molar-refractivity contribution >= 4 is 30.7 Å². The SMILES string of the molecule is CN(C)Cc1ccccc1CNC(=O)CCN.Cl.Cl. The van der Waals surface area contributed by atoms with Gasteiger partial charge in [-0.2, -0.15) is 0 Å². The van der Waals surface area contributed by atoms with Crippen molar-refractivity contribution in [2.24, 2.45) is 5.73 Å². The smallest absolute Gasteiger partial charge is 0.221 e. The summed E-state index contributed by atoms with van der Waals surface area (Å²) in [6, 6.07) is 8.14. The van der Waals surface area contributed by atoms with Gasteiger partial charge in [0, 0.05) is 26.1 Å². The molecule has 0 fully saturated rings. The molecule has 0 radical (unpaired) electrons. The van der Waals surface area contributed by atoms with Gasteiger partial charge < -0.3 is 16.0 Å². The topological polar surface area (TPSA) is 58.4 Å². The van der Waals surface area contributed by atoms with Crippen LogP contribution in [0.2, 0.25) is 0 Å². The van der Waals surface area contributed by atoms with Gasteiger partial charge in [0.25, 0.3) is 0 Å². The van der Waals surface area contributed by atoms with E-state index in [2.05, 4.69) is 16.3 Å². The standard InChI is InChI=1S/C13H21N3O.2ClH/c1-16(2)10-12-6-4-3-5-11(12)9-15-13(17)7-8-14;;/h3-6H,7-10,14H2,1-2H3,(H,15,17);2*1H. The van der Waals surface area contributed by atoms with Crippen molar-refractivity contribution in [1.29, 1.82) is 0 Å². The largest absolute Gasteiger partial charge is 0.352 e. The number of carbonyl (C=O) groups is 1. The van der Waals surface area contributed by atoms with Gasteiger partial charge in [0.2, 0.25) is 5.91 Å². The first-order chi connectivity index (χ1) is 8.13. The molecular formula is C13H23Cl2N3O. The molecule has 1 aromatic rings. The lowest BCUT2D eigenvalue weighted by atomic mass is 10.1. The predicted molar refractivity (Wildman–Crippen MR) is 83.8 cm³/mol. The van der Waals surface area contributed by atoms with Gasteiger partial charge in [-0.15, -0.1) is 24.8 Å². The van der Waals surface area contributed by atoms with E-state index in [-0.39, 0.29) is 30.7 Å². The maximum atomic E-state index is 11.3. The molecule has 0 saturated heterocycles. The lowest BCUT2D eigenvalue weighted by Crippen LogP contribution is -2.26. The number of carbonyl (C=O) groups excluding carboxylic acids is 1. The van der Waals surface area contributed by atoms with E-state index in [0.717, 1.165) is 12.1 Å². The van der Waals surface area contributed by atoms with Gasteiger partial charge in [0.1, 0.15) is 0 Å². The zero-order valence-corrected chi connectivity index (χ0v) is 13.0. The van der Waals surface area contributed by atoms with Crippen molar-refractivity contribution in [3.63, 3.8) is 0 Å². The van der Waals surface area contributed by atoms with Crippen molar-refractivity contribution in [1.82, 2.24) is 10.2 Å². The molecule has 0 saturated carbocycles. The average Bonchev–Trinajstić information content (AvgIpc) is 2.27. The summed E-state index contributed by atoms with van der Waals surface area (Å²) in [6.45, 7) is 1.84. The molecule has 4 nitrogen and oxygen atoms in total. The van der Waals surface area contributed by atoms with Crippen LogP contribution in [0.15, 0.2) is 24.3 Å². The molecule has 1 amide bonds. The molecule has 6 heteroatoms. The van der Waals surface area contributed by atoms with Crippen molar-refractivity contribution in [2.75, 3.05) is 20.6 Å². The number of hydrogen-bond acceptors (Lipinski definition) is 3. The molecule has 0 unspecified atom stereocenters. The second-order valence-corrected chi connectivity index (χ2v) is 4.32. The number of nitrogens with one attached hydrogen (secondary N) is 1. The summed E-state index contributed by atoms with van der Waals surface area (Å²) in [5.41, 5.74) is 7.73. The van der Waals surface area contributed by atoms with E-state index in [1.54, 1.807) is 0 Å². The molecule has 0 aromatic heterocycles. The molecule has 0 aliphatic rings. The van der Waals surface area contributed by atoms with Gasteiger partial charge in [-0.3, -0.25) is 4.79 Å². The summed E-state index contributed by atoms with van der Waals surface area (Å²) in [5.74, 6) is 0.00663. The fourth-order valence-electron chi connectivity index (χ4n) is 1.64. The highest BCUT2D eigenvalue weighted by Crippen LogP contribution is 2.10. The lowest BCUT2D eigenvalue weighted by Gasteiger charge is -2.14. The third kappa shape index (κ3) is 8.06. The van der Waals surface area contributed by atoms with E-state index >= 15 is 0 Å². The van der Waals surface area contributed by atoms with Crippen LogP contribution in [0, 0.1) is 0 Å². The van der Waals surface area contributed by atoms with Gasteiger partial charge in [-0.25, -0.2) is 0 Å². The molecule has 3 N–H and O–H groups in total. The molecular weight excluding hydrogens is 285 g/mol. The highest BCUT2D eigenvalue weighted by atomic mass is 35.5. The van der Waals surface area contributed by atoms with Crippen molar-refractivity contribution in [3.05, 3.63) is 35.4 Å². The first-order valence-corrected chi connectivity index (χ1v) is 5.81. The van der Waals surface area contributed by atoms with Gasteiger partial charge in [-0.05, 0) is 25.2 Å². The van der Waals surface area contributed by atoms with Crippen molar-refractivity contribution < 1.29 is 4.79 Å². The zero-order chi connectivity index (χ0) is 12.7.